The lowest BCUT2D eigenvalue weighted by molar-refractivity contribution is -0.139. The fraction of sp³-hybridized carbons (Fsp3) is 0.682. The van der Waals surface area contributed by atoms with Gasteiger partial charge < -0.3 is 19.1 Å². The lowest BCUT2D eigenvalue weighted by Crippen LogP contribution is -2.52. The van der Waals surface area contributed by atoms with Gasteiger partial charge in [0.05, 0.1) is 14.2 Å². The maximum Gasteiger partial charge on any atom is 0.222 e. The lowest BCUT2D eigenvalue weighted by atomic mass is 9.97. The number of rotatable bonds is 7. The standard InChI is InChI=1S/C22H34N2O4/c1-4-22(25)24(19-7-11-28-12-8-19)18-5-9-23(10-6-18)16-17-13-20(26-2)15-21(14-17)27-3/h13-15,18-19H,4-12,16H2,1-3H3. The molecule has 2 fully saturated rings. The number of ether oxygens (including phenoxy) is 3. The Kier molecular flexibility index (Phi) is 7.57. The van der Waals surface area contributed by atoms with E-state index in [4.69, 9.17) is 14.2 Å². The molecule has 28 heavy (non-hydrogen) atoms. The predicted molar refractivity (Wildman–Crippen MR) is 109 cm³/mol. The van der Waals surface area contributed by atoms with E-state index in [1.165, 1.54) is 5.56 Å². The van der Waals surface area contributed by atoms with Crippen LogP contribution in [0.2, 0.25) is 0 Å². The Morgan fingerprint density at radius 3 is 2.14 bits per heavy atom. The first-order valence-electron chi connectivity index (χ1n) is 10.5. The minimum Gasteiger partial charge on any atom is -0.497 e. The number of amides is 1. The van der Waals surface area contributed by atoms with Crippen molar-refractivity contribution < 1.29 is 19.0 Å². The minimum atomic E-state index is 0.294. The number of piperidine rings is 1. The lowest BCUT2D eigenvalue weighted by Gasteiger charge is -2.43. The van der Waals surface area contributed by atoms with Crippen LogP contribution in [-0.2, 0) is 16.1 Å². The average molecular weight is 391 g/mol. The molecule has 156 valence electrons. The van der Waals surface area contributed by atoms with Gasteiger partial charge in [0.1, 0.15) is 11.5 Å². The molecule has 2 aliphatic rings. The zero-order chi connectivity index (χ0) is 19.9. The van der Waals surface area contributed by atoms with Crippen LogP contribution in [-0.4, -0.2) is 68.3 Å². The van der Waals surface area contributed by atoms with E-state index in [1.54, 1.807) is 14.2 Å². The van der Waals surface area contributed by atoms with Crippen LogP contribution in [0.3, 0.4) is 0 Å². The molecule has 0 bridgehead atoms. The van der Waals surface area contributed by atoms with Crippen molar-refractivity contribution in [2.45, 2.75) is 57.7 Å². The molecular formula is C22H34N2O4. The second kappa shape index (κ2) is 10.1. The maximum atomic E-state index is 12.7. The second-order valence-electron chi connectivity index (χ2n) is 7.73. The smallest absolute Gasteiger partial charge is 0.222 e. The average Bonchev–Trinajstić information content (AvgIpc) is 2.75. The number of hydrogen-bond acceptors (Lipinski definition) is 5. The third kappa shape index (κ3) is 5.17. The molecule has 1 amide bonds. The van der Waals surface area contributed by atoms with Gasteiger partial charge in [0.25, 0.3) is 0 Å². The fourth-order valence-electron chi connectivity index (χ4n) is 4.42. The highest BCUT2D eigenvalue weighted by atomic mass is 16.5. The Hall–Kier alpha value is -1.79. The molecular weight excluding hydrogens is 356 g/mol. The van der Waals surface area contributed by atoms with Gasteiger partial charge in [-0.3, -0.25) is 9.69 Å². The van der Waals surface area contributed by atoms with Crippen LogP contribution in [0.5, 0.6) is 11.5 Å². The van der Waals surface area contributed by atoms with E-state index in [2.05, 4.69) is 21.9 Å². The van der Waals surface area contributed by atoms with Crippen molar-refractivity contribution in [3.63, 3.8) is 0 Å². The number of carbonyl (C=O) groups is 1. The van der Waals surface area contributed by atoms with Gasteiger partial charge in [-0.2, -0.15) is 0 Å². The molecule has 0 aliphatic carbocycles. The van der Waals surface area contributed by atoms with Crippen molar-refractivity contribution >= 4 is 5.91 Å². The molecule has 1 aromatic rings. The minimum absolute atomic E-state index is 0.294. The van der Waals surface area contributed by atoms with E-state index in [-0.39, 0.29) is 0 Å². The van der Waals surface area contributed by atoms with Crippen molar-refractivity contribution in [3.05, 3.63) is 23.8 Å². The molecule has 0 atom stereocenters. The molecule has 6 heteroatoms. The Bertz CT molecular complexity index is 615. The second-order valence-corrected chi connectivity index (χ2v) is 7.73. The SMILES string of the molecule is CCC(=O)N(C1CCOCC1)C1CCN(Cc2cc(OC)cc(OC)c2)CC1. The first-order valence-corrected chi connectivity index (χ1v) is 10.5. The Morgan fingerprint density at radius 2 is 1.61 bits per heavy atom. The third-order valence-corrected chi connectivity index (χ3v) is 5.94. The van der Waals surface area contributed by atoms with Gasteiger partial charge in [-0.15, -0.1) is 0 Å². The highest BCUT2D eigenvalue weighted by molar-refractivity contribution is 5.76. The molecule has 0 saturated carbocycles. The molecule has 6 nitrogen and oxygen atoms in total. The summed E-state index contributed by atoms with van der Waals surface area (Å²) in [4.78, 5) is 17.3. The van der Waals surface area contributed by atoms with E-state index in [0.717, 1.165) is 70.0 Å². The molecule has 0 aromatic heterocycles. The van der Waals surface area contributed by atoms with E-state index < -0.39 is 0 Å². The first kappa shape index (κ1) is 20.9. The maximum absolute atomic E-state index is 12.7. The van der Waals surface area contributed by atoms with Crippen molar-refractivity contribution in [1.82, 2.24) is 9.80 Å². The molecule has 2 heterocycles. The quantitative estimate of drug-likeness (QED) is 0.716. The molecule has 0 N–H and O–H groups in total. The van der Waals surface area contributed by atoms with Crippen LogP contribution >= 0.6 is 0 Å². The van der Waals surface area contributed by atoms with Crippen LogP contribution in [0.25, 0.3) is 0 Å². The predicted octanol–water partition coefficient (Wildman–Crippen LogP) is 3.09. The highest BCUT2D eigenvalue weighted by Gasteiger charge is 2.33. The molecule has 1 aromatic carbocycles. The highest BCUT2D eigenvalue weighted by Crippen LogP contribution is 2.27. The van der Waals surface area contributed by atoms with E-state index >= 15 is 0 Å². The van der Waals surface area contributed by atoms with Crippen LogP contribution < -0.4 is 9.47 Å². The number of benzene rings is 1. The molecule has 0 spiro atoms. The van der Waals surface area contributed by atoms with Gasteiger partial charge in [-0.1, -0.05) is 6.92 Å². The van der Waals surface area contributed by atoms with Gasteiger partial charge in [0.2, 0.25) is 5.91 Å². The number of likely N-dealkylation sites (tertiary alicyclic amines) is 1. The van der Waals surface area contributed by atoms with Gasteiger partial charge in [0, 0.05) is 57.4 Å². The van der Waals surface area contributed by atoms with E-state index in [1.807, 2.05) is 13.0 Å². The third-order valence-electron chi connectivity index (χ3n) is 5.94. The zero-order valence-corrected chi connectivity index (χ0v) is 17.5. The summed E-state index contributed by atoms with van der Waals surface area (Å²) < 4.78 is 16.3. The number of nitrogens with zero attached hydrogens (tertiary/aromatic N) is 2. The summed E-state index contributed by atoms with van der Waals surface area (Å²) in [6, 6.07) is 6.75. The Balaban J connectivity index is 1.60. The van der Waals surface area contributed by atoms with Crippen LogP contribution in [0.1, 0.15) is 44.6 Å². The zero-order valence-electron chi connectivity index (χ0n) is 17.5. The van der Waals surface area contributed by atoms with Crippen molar-refractivity contribution in [2.75, 3.05) is 40.5 Å². The normalized spacial score (nSPS) is 19.4. The van der Waals surface area contributed by atoms with Crippen molar-refractivity contribution in [1.29, 1.82) is 0 Å². The molecule has 2 aliphatic heterocycles. The van der Waals surface area contributed by atoms with Crippen LogP contribution in [0, 0.1) is 0 Å². The van der Waals surface area contributed by atoms with Crippen molar-refractivity contribution in [2.24, 2.45) is 0 Å². The first-order chi connectivity index (χ1) is 13.6. The van der Waals surface area contributed by atoms with Crippen molar-refractivity contribution in [3.8, 4) is 11.5 Å². The molecule has 0 radical (unpaired) electrons. The Morgan fingerprint density at radius 1 is 1.04 bits per heavy atom. The van der Waals surface area contributed by atoms with Crippen LogP contribution in [0.4, 0.5) is 0 Å². The van der Waals surface area contributed by atoms with E-state index in [9.17, 15) is 4.79 Å². The summed E-state index contributed by atoms with van der Waals surface area (Å²) in [5.74, 6) is 1.94. The molecule has 0 unspecified atom stereocenters. The van der Waals surface area contributed by atoms with Gasteiger partial charge in [-0.05, 0) is 43.4 Å². The fourth-order valence-corrected chi connectivity index (χ4v) is 4.42. The summed E-state index contributed by atoms with van der Waals surface area (Å²) in [5, 5.41) is 0. The number of methoxy groups -OCH3 is 2. The summed E-state index contributed by atoms with van der Waals surface area (Å²) in [5.41, 5.74) is 1.19. The van der Waals surface area contributed by atoms with Gasteiger partial charge in [0.15, 0.2) is 0 Å². The number of hydrogen-bond donors (Lipinski definition) is 0. The van der Waals surface area contributed by atoms with Gasteiger partial charge >= 0.3 is 0 Å². The summed E-state index contributed by atoms with van der Waals surface area (Å²) in [6.45, 7) is 6.39. The summed E-state index contributed by atoms with van der Waals surface area (Å²) >= 11 is 0. The Labute approximate surface area is 168 Å². The largest absolute Gasteiger partial charge is 0.497 e. The molecule has 3 rings (SSSR count). The van der Waals surface area contributed by atoms with Crippen LogP contribution in [0.15, 0.2) is 18.2 Å². The topological polar surface area (TPSA) is 51.2 Å². The summed E-state index contributed by atoms with van der Waals surface area (Å²) in [7, 11) is 3.36. The van der Waals surface area contributed by atoms with Gasteiger partial charge in [-0.25, -0.2) is 0 Å². The monoisotopic (exact) mass is 390 g/mol. The number of carbonyl (C=O) groups excluding carboxylic acids is 1. The molecule has 2 saturated heterocycles. The van der Waals surface area contributed by atoms with E-state index in [0.29, 0.717) is 24.4 Å². The summed E-state index contributed by atoms with van der Waals surface area (Å²) in [6.07, 6.45) is 4.58.